The molecule has 0 saturated carbocycles. The van der Waals surface area contributed by atoms with E-state index in [9.17, 15) is 9.59 Å². The van der Waals surface area contributed by atoms with Crippen molar-refractivity contribution < 1.29 is 9.59 Å². The third-order valence-electron chi connectivity index (χ3n) is 5.82. The van der Waals surface area contributed by atoms with Crippen LogP contribution in [0.4, 0.5) is 0 Å². The summed E-state index contributed by atoms with van der Waals surface area (Å²) in [7, 11) is 0. The molecule has 4 rings (SSSR count). The lowest BCUT2D eigenvalue weighted by Crippen LogP contribution is -2.30. The molecule has 0 unspecified atom stereocenters. The lowest BCUT2D eigenvalue weighted by molar-refractivity contribution is 0.0941. The molecule has 0 spiro atoms. The Balaban J connectivity index is 1.57. The van der Waals surface area contributed by atoms with Gasteiger partial charge in [0.1, 0.15) is 0 Å². The second kappa shape index (κ2) is 10.3. The van der Waals surface area contributed by atoms with Crippen LogP contribution in [0.25, 0.3) is 10.9 Å². The third kappa shape index (κ3) is 5.21. The first-order valence-electron chi connectivity index (χ1n) is 11.3. The zero-order valence-electron chi connectivity index (χ0n) is 19.0. The van der Waals surface area contributed by atoms with E-state index in [0.717, 1.165) is 22.9 Å². The number of aromatic nitrogens is 1. The van der Waals surface area contributed by atoms with Gasteiger partial charge in [0.15, 0.2) is 5.78 Å². The minimum Gasteiger partial charge on any atom is -0.360 e. The molecule has 168 valence electrons. The number of rotatable bonds is 9. The first kappa shape index (κ1) is 22.5. The van der Waals surface area contributed by atoms with Crippen LogP contribution in [-0.2, 0) is 6.42 Å². The Morgan fingerprint density at radius 3 is 2.45 bits per heavy atom. The number of hydrogen-bond donors (Lipinski definition) is 3. The smallest absolute Gasteiger partial charge is 0.251 e. The van der Waals surface area contributed by atoms with Crippen LogP contribution >= 0.6 is 0 Å². The topological polar surface area (TPSA) is 74.0 Å². The number of nitrogens with one attached hydrogen (secondary N) is 3. The summed E-state index contributed by atoms with van der Waals surface area (Å²) >= 11 is 0. The van der Waals surface area contributed by atoms with Crippen molar-refractivity contribution in [2.75, 3.05) is 13.1 Å². The molecule has 3 aromatic carbocycles. The molecule has 0 radical (unpaired) electrons. The summed E-state index contributed by atoms with van der Waals surface area (Å²) in [5.74, 6) is -0.121. The fourth-order valence-electron chi connectivity index (χ4n) is 4.01. The summed E-state index contributed by atoms with van der Waals surface area (Å²) in [6.07, 6.45) is 2.58. The van der Waals surface area contributed by atoms with E-state index in [0.29, 0.717) is 24.2 Å². The minimum absolute atomic E-state index is 0.00196. The van der Waals surface area contributed by atoms with Crippen LogP contribution in [0.3, 0.4) is 0 Å². The van der Waals surface area contributed by atoms with Crippen LogP contribution in [0.1, 0.15) is 50.4 Å². The third-order valence-corrected chi connectivity index (χ3v) is 5.82. The van der Waals surface area contributed by atoms with Crippen molar-refractivity contribution in [3.05, 3.63) is 107 Å². The maximum Gasteiger partial charge on any atom is 0.251 e. The van der Waals surface area contributed by atoms with Crippen molar-refractivity contribution in [3.8, 4) is 0 Å². The number of fused-ring (bicyclic) bond motifs is 1. The normalized spacial score (nSPS) is 11.9. The summed E-state index contributed by atoms with van der Waals surface area (Å²) in [6, 6.07) is 23.2. The van der Waals surface area contributed by atoms with Gasteiger partial charge in [0.25, 0.3) is 5.91 Å². The Hall–Kier alpha value is -3.70. The molecule has 0 bridgehead atoms. The van der Waals surface area contributed by atoms with Crippen LogP contribution in [-0.4, -0.2) is 29.8 Å². The van der Waals surface area contributed by atoms with E-state index in [1.54, 1.807) is 18.3 Å². The number of benzene rings is 3. The van der Waals surface area contributed by atoms with Gasteiger partial charge in [0.2, 0.25) is 0 Å². The van der Waals surface area contributed by atoms with Crippen LogP contribution in [0.2, 0.25) is 0 Å². The highest BCUT2D eigenvalue weighted by molar-refractivity contribution is 6.11. The summed E-state index contributed by atoms with van der Waals surface area (Å²) < 4.78 is 0. The van der Waals surface area contributed by atoms with E-state index in [4.69, 9.17) is 0 Å². The van der Waals surface area contributed by atoms with Gasteiger partial charge in [-0.2, -0.15) is 0 Å². The molecule has 3 N–H and O–H groups in total. The van der Waals surface area contributed by atoms with Crippen LogP contribution in [0, 0.1) is 6.92 Å². The number of hydrogen-bond acceptors (Lipinski definition) is 3. The van der Waals surface area contributed by atoms with Gasteiger partial charge in [-0.05, 0) is 43.5 Å². The van der Waals surface area contributed by atoms with Crippen LogP contribution in [0.5, 0.6) is 0 Å². The maximum atomic E-state index is 13.7. The van der Waals surface area contributed by atoms with Crippen molar-refractivity contribution in [2.24, 2.45) is 0 Å². The summed E-state index contributed by atoms with van der Waals surface area (Å²) in [5, 5.41) is 7.09. The van der Waals surface area contributed by atoms with Crippen molar-refractivity contribution in [3.63, 3.8) is 0 Å². The van der Waals surface area contributed by atoms with E-state index in [1.807, 2.05) is 43.3 Å². The molecule has 0 fully saturated rings. The van der Waals surface area contributed by atoms with Crippen molar-refractivity contribution in [1.29, 1.82) is 0 Å². The molecule has 0 aliphatic carbocycles. The molecular weight excluding hydrogens is 410 g/mol. The summed E-state index contributed by atoms with van der Waals surface area (Å²) in [5.41, 5.74) is 5.36. The molecule has 5 heteroatoms. The van der Waals surface area contributed by atoms with Gasteiger partial charge >= 0.3 is 0 Å². The predicted molar refractivity (Wildman–Crippen MR) is 133 cm³/mol. The van der Waals surface area contributed by atoms with E-state index >= 15 is 0 Å². The number of carbonyl (C=O) groups excluding carboxylic acids is 2. The highest BCUT2D eigenvalue weighted by atomic mass is 16.1. The molecule has 1 aromatic heterocycles. The zero-order chi connectivity index (χ0) is 23.2. The van der Waals surface area contributed by atoms with E-state index in [-0.39, 0.29) is 11.7 Å². The average Bonchev–Trinajstić information content (AvgIpc) is 3.27. The summed E-state index contributed by atoms with van der Waals surface area (Å²) in [6.45, 7) is 5.21. The molecule has 33 heavy (non-hydrogen) atoms. The lowest BCUT2D eigenvalue weighted by Gasteiger charge is -2.18. The second-order valence-electron chi connectivity index (χ2n) is 8.22. The highest BCUT2D eigenvalue weighted by Gasteiger charge is 2.24. The van der Waals surface area contributed by atoms with Crippen LogP contribution < -0.4 is 10.6 Å². The van der Waals surface area contributed by atoms with E-state index < -0.39 is 6.04 Å². The fourth-order valence-corrected chi connectivity index (χ4v) is 4.01. The van der Waals surface area contributed by atoms with Gasteiger partial charge in [-0.15, -0.1) is 0 Å². The Morgan fingerprint density at radius 2 is 1.73 bits per heavy atom. The first-order chi connectivity index (χ1) is 16.1. The van der Waals surface area contributed by atoms with Gasteiger partial charge in [0.05, 0.1) is 6.04 Å². The van der Waals surface area contributed by atoms with E-state index in [1.165, 1.54) is 11.1 Å². The number of aryl methyl sites for hydroxylation is 1. The predicted octanol–water partition coefficient (Wildman–Crippen LogP) is 4.98. The number of Topliss-reactive ketones (excluding diaryl/α,β-unsaturated/α-hetero) is 1. The number of ketones is 1. The second-order valence-corrected chi connectivity index (χ2v) is 8.22. The average molecular weight is 440 g/mol. The Kier molecular flexibility index (Phi) is 7.01. The lowest BCUT2D eigenvalue weighted by atomic mass is 9.96. The first-order valence-corrected chi connectivity index (χ1v) is 11.3. The number of amides is 1. The maximum absolute atomic E-state index is 13.7. The van der Waals surface area contributed by atoms with Gasteiger partial charge < -0.3 is 15.6 Å². The van der Waals surface area contributed by atoms with Crippen molar-refractivity contribution >= 4 is 22.6 Å². The Morgan fingerprint density at radius 1 is 0.970 bits per heavy atom. The van der Waals surface area contributed by atoms with Gasteiger partial charge in [-0.3, -0.25) is 9.59 Å². The minimum atomic E-state index is -0.460. The summed E-state index contributed by atoms with van der Waals surface area (Å²) in [4.78, 5) is 29.0. The fraction of sp³-hybridized carbons (Fsp3) is 0.214. The number of carbonyl (C=O) groups is 2. The standard InChI is InChI=1S/C28H29N3O2/c1-3-29-28(33)22-13-14-23-24(18-31-25(23)17-22)27(32)26(21-7-5-4-6-8-21)30-16-15-20-11-9-19(2)10-12-20/h4-14,17-18,26,30-31H,3,15-16H2,1-2H3,(H,29,33)/t26-/m0/s1. The number of aromatic amines is 1. The SMILES string of the molecule is CCNC(=O)c1ccc2c(C(=O)[C@@H](NCCc3ccc(C)cc3)c3ccccc3)c[nH]c2c1. The molecule has 5 nitrogen and oxygen atoms in total. The zero-order valence-corrected chi connectivity index (χ0v) is 19.0. The molecular formula is C28H29N3O2. The van der Waals surface area contributed by atoms with Gasteiger partial charge in [-0.25, -0.2) is 0 Å². The molecule has 0 saturated heterocycles. The Labute approximate surface area is 194 Å². The van der Waals surface area contributed by atoms with Crippen LogP contribution in [0.15, 0.2) is 79.0 Å². The largest absolute Gasteiger partial charge is 0.360 e. The molecule has 1 atom stereocenters. The van der Waals surface area contributed by atoms with Gasteiger partial charge in [-0.1, -0.05) is 66.2 Å². The molecule has 1 amide bonds. The van der Waals surface area contributed by atoms with Crippen molar-refractivity contribution in [2.45, 2.75) is 26.3 Å². The van der Waals surface area contributed by atoms with E-state index in [2.05, 4.69) is 46.8 Å². The number of H-pyrrole nitrogens is 1. The van der Waals surface area contributed by atoms with Gasteiger partial charge in [0, 0.05) is 41.3 Å². The van der Waals surface area contributed by atoms with Crippen molar-refractivity contribution in [1.82, 2.24) is 15.6 Å². The highest BCUT2D eigenvalue weighted by Crippen LogP contribution is 2.26. The molecule has 0 aliphatic rings. The molecule has 1 heterocycles. The Bertz CT molecular complexity index is 1240. The monoisotopic (exact) mass is 439 g/mol. The molecule has 4 aromatic rings. The quantitative estimate of drug-likeness (QED) is 0.322. The molecule has 0 aliphatic heterocycles.